The predicted octanol–water partition coefficient (Wildman–Crippen LogP) is 0.217. The van der Waals surface area contributed by atoms with E-state index in [0.717, 1.165) is 19.6 Å². The standard InChI is InChI=1S/C11H24N2O3/c1-10(11(14)15)9-13(7-8-16-4)6-5-12(2)3/h10H,5-9H2,1-4H3,(H,14,15). The Hall–Kier alpha value is -0.650. The van der Waals surface area contributed by atoms with E-state index < -0.39 is 5.97 Å². The highest BCUT2D eigenvalue weighted by atomic mass is 16.5. The van der Waals surface area contributed by atoms with Gasteiger partial charge in [0.05, 0.1) is 12.5 Å². The van der Waals surface area contributed by atoms with Gasteiger partial charge >= 0.3 is 5.97 Å². The van der Waals surface area contributed by atoms with Gasteiger partial charge in [0.1, 0.15) is 0 Å². The number of hydrogen-bond donors (Lipinski definition) is 1. The Morgan fingerprint density at radius 3 is 2.38 bits per heavy atom. The Labute approximate surface area is 98.0 Å². The second-order valence-electron chi connectivity index (χ2n) is 4.34. The highest BCUT2D eigenvalue weighted by molar-refractivity contribution is 5.69. The third kappa shape index (κ3) is 7.62. The van der Waals surface area contributed by atoms with E-state index in [9.17, 15) is 4.79 Å². The summed E-state index contributed by atoms with van der Waals surface area (Å²) in [5, 5.41) is 8.87. The van der Waals surface area contributed by atoms with Gasteiger partial charge in [0.2, 0.25) is 0 Å². The number of carboxylic acid groups (broad SMARTS) is 1. The minimum absolute atomic E-state index is 0.334. The van der Waals surface area contributed by atoms with Crippen LogP contribution in [0.15, 0.2) is 0 Å². The van der Waals surface area contributed by atoms with Crippen LogP contribution in [0.1, 0.15) is 6.92 Å². The quantitative estimate of drug-likeness (QED) is 0.616. The molecule has 1 N–H and O–H groups in total. The molecule has 0 radical (unpaired) electrons. The van der Waals surface area contributed by atoms with Gasteiger partial charge in [-0.15, -0.1) is 0 Å². The van der Waals surface area contributed by atoms with Crippen LogP contribution in [0.4, 0.5) is 0 Å². The van der Waals surface area contributed by atoms with Gasteiger partial charge in [-0.05, 0) is 14.1 Å². The summed E-state index contributed by atoms with van der Waals surface area (Å²) in [5.41, 5.74) is 0. The van der Waals surface area contributed by atoms with E-state index in [1.54, 1.807) is 14.0 Å². The molecule has 96 valence electrons. The molecule has 5 nitrogen and oxygen atoms in total. The van der Waals surface area contributed by atoms with Crippen molar-refractivity contribution in [2.24, 2.45) is 5.92 Å². The lowest BCUT2D eigenvalue weighted by molar-refractivity contribution is -0.141. The maximum absolute atomic E-state index is 10.8. The number of nitrogens with zero attached hydrogens (tertiary/aromatic N) is 2. The molecule has 0 rings (SSSR count). The van der Waals surface area contributed by atoms with Crippen molar-refractivity contribution in [3.8, 4) is 0 Å². The van der Waals surface area contributed by atoms with Crippen LogP contribution in [0.3, 0.4) is 0 Å². The van der Waals surface area contributed by atoms with Crippen LogP contribution < -0.4 is 0 Å². The van der Waals surface area contributed by atoms with E-state index in [-0.39, 0.29) is 5.92 Å². The van der Waals surface area contributed by atoms with E-state index in [4.69, 9.17) is 9.84 Å². The molecule has 0 saturated heterocycles. The fraction of sp³-hybridized carbons (Fsp3) is 0.909. The van der Waals surface area contributed by atoms with Crippen LogP contribution in [0.25, 0.3) is 0 Å². The largest absolute Gasteiger partial charge is 0.481 e. The molecule has 0 spiro atoms. The first-order chi connectivity index (χ1) is 7.47. The molecular formula is C11H24N2O3. The van der Waals surface area contributed by atoms with Crippen LogP contribution in [-0.4, -0.2) is 74.9 Å². The molecule has 16 heavy (non-hydrogen) atoms. The number of aliphatic carboxylic acids is 1. The Bertz CT molecular complexity index is 198. The third-order valence-electron chi connectivity index (χ3n) is 2.43. The van der Waals surface area contributed by atoms with Gasteiger partial charge in [0.25, 0.3) is 0 Å². The van der Waals surface area contributed by atoms with Crippen molar-refractivity contribution in [1.29, 1.82) is 0 Å². The molecule has 0 aromatic heterocycles. The summed E-state index contributed by atoms with van der Waals surface area (Å²) in [6.07, 6.45) is 0. The van der Waals surface area contributed by atoms with Crippen LogP contribution in [0.2, 0.25) is 0 Å². The molecule has 0 aliphatic heterocycles. The third-order valence-corrected chi connectivity index (χ3v) is 2.43. The maximum Gasteiger partial charge on any atom is 0.307 e. The molecule has 0 aliphatic carbocycles. The topological polar surface area (TPSA) is 53.0 Å². The molecular weight excluding hydrogens is 208 g/mol. The highest BCUT2D eigenvalue weighted by Crippen LogP contribution is 2.00. The minimum Gasteiger partial charge on any atom is -0.481 e. The van der Waals surface area contributed by atoms with Gasteiger partial charge < -0.3 is 14.7 Å². The van der Waals surface area contributed by atoms with Crippen LogP contribution in [-0.2, 0) is 9.53 Å². The van der Waals surface area contributed by atoms with Crippen LogP contribution in [0.5, 0.6) is 0 Å². The lowest BCUT2D eigenvalue weighted by atomic mass is 10.1. The Morgan fingerprint density at radius 1 is 1.31 bits per heavy atom. The molecule has 0 bridgehead atoms. The number of ether oxygens (including phenoxy) is 1. The smallest absolute Gasteiger partial charge is 0.307 e. The molecule has 5 heteroatoms. The Kier molecular flexibility index (Phi) is 8.15. The summed E-state index contributed by atoms with van der Waals surface area (Å²) in [5.74, 6) is -1.08. The fourth-order valence-electron chi connectivity index (χ4n) is 1.32. The van der Waals surface area contributed by atoms with Gasteiger partial charge in [-0.2, -0.15) is 0 Å². The lowest BCUT2D eigenvalue weighted by Crippen LogP contribution is -2.38. The second-order valence-corrected chi connectivity index (χ2v) is 4.34. The molecule has 0 aromatic rings. The van der Waals surface area contributed by atoms with E-state index >= 15 is 0 Å². The normalized spacial score (nSPS) is 13.4. The number of carbonyl (C=O) groups is 1. The first-order valence-electron chi connectivity index (χ1n) is 5.56. The predicted molar refractivity (Wildman–Crippen MR) is 63.7 cm³/mol. The molecule has 0 fully saturated rings. The molecule has 0 aromatic carbocycles. The molecule has 0 heterocycles. The average molecular weight is 232 g/mol. The van der Waals surface area contributed by atoms with Crippen molar-refractivity contribution >= 4 is 5.97 Å². The lowest BCUT2D eigenvalue weighted by Gasteiger charge is -2.25. The van der Waals surface area contributed by atoms with E-state index in [1.807, 2.05) is 14.1 Å². The summed E-state index contributed by atoms with van der Waals surface area (Å²) in [6.45, 7) is 5.52. The van der Waals surface area contributed by atoms with Gasteiger partial charge in [-0.3, -0.25) is 9.69 Å². The van der Waals surface area contributed by atoms with Gasteiger partial charge in [0, 0.05) is 33.3 Å². The zero-order valence-corrected chi connectivity index (χ0v) is 10.8. The molecule has 0 amide bonds. The van der Waals surface area contributed by atoms with Crippen molar-refractivity contribution in [2.75, 3.05) is 54.0 Å². The maximum atomic E-state index is 10.8. The summed E-state index contributed by atoms with van der Waals surface area (Å²) < 4.78 is 5.02. The monoisotopic (exact) mass is 232 g/mol. The second kappa shape index (κ2) is 8.50. The highest BCUT2D eigenvalue weighted by Gasteiger charge is 2.15. The SMILES string of the molecule is COCCN(CCN(C)C)CC(C)C(=O)O. The first-order valence-corrected chi connectivity index (χ1v) is 5.56. The first kappa shape index (κ1) is 15.3. The van der Waals surface area contributed by atoms with E-state index in [1.165, 1.54) is 0 Å². The summed E-state index contributed by atoms with van der Waals surface area (Å²) in [6, 6.07) is 0. The molecule has 1 unspecified atom stereocenters. The van der Waals surface area contributed by atoms with Crippen LogP contribution >= 0.6 is 0 Å². The molecule has 0 saturated carbocycles. The van der Waals surface area contributed by atoms with Gasteiger partial charge in [-0.1, -0.05) is 6.92 Å². The van der Waals surface area contributed by atoms with Crippen molar-refractivity contribution < 1.29 is 14.6 Å². The number of methoxy groups -OCH3 is 1. The number of hydrogen-bond acceptors (Lipinski definition) is 4. The van der Waals surface area contributed by atoms with Crippen molar-refractivity contribution in [3.05, 3.63) is 0 Å². The number of carboxylic acids is 1. The zero-order chi connectivity index (χ0) is 12.6. The molecule has 0 aliphatic rings. The Morgan fingerprint density at radius 2 is 1.94 bits per heavy atom. The fourth-order valence-corrected chi connectivity index (χ4v) is 1.32. The molecule has 1 atom stereocenters. The van der Waals surface area contributed by atoms with E-state index in [0.29, 0.717) is 13.2 Å². The summed E-state index contributed by atoms with van der Waals surface area (Å²) in [7, 11) is 5.68. The minimum atomic E-state index is -0.743. The number of rotatable bonds is 9. The van der Waals surface area contributed by atoms with Crippen LogP contribution in [0, 0.1) is 5.92 Å². The zero-order valence-electron chi connectivity index (χ0n) is 10.8. The van der Waals surface area contributed by atoms with E-state index in [2.05, 4.69) is 9.80 Å². The van der Waals surface area contributed by atoms with Crippen molar-refractivity contribution in [3.63, 3.8) is 0 Å². The van der Waals surface area contributed by atoms with Crippen molar-refractivity contribution in [2.45, 2.75) is 6.92 Å². The average Bonchev–Trinajstić information content (AvgIpc) is 2.21. The number of likely N-dealkylation sites (N-methyl/N-ethyl adjacent to an activating group) is 1. The van der Waals surface area contributed by atoms with Crippen molar-refractivity contribution in [1.82, 2.24) is 9.80 Å². The summed E-state index contributed by atoms with van der Waals surface area (Å²) in [4.78, 5) is 15.0. The van der Waals surface area contributed by atoms with Gasteiger partial charge in [-0.25, -0.2) is 0 Å². The van der Waals surface area contributed by atoms with Gasteiger partial charge in [0.15, 0.2) is 0 Å². The Balaban J connectivity index is 4.03. The summed E-state index contributed by atoms with van der Waals surface area (Å²) >= 11 is 0.